The van der Waals surface area contributed by atoms with Crippen molar-refractivity contribution in [3.05, 3.63) is 0 Å². The van der Waals surface area contributed by atoms with Gasteiger partial charge in [-0.3, -0.25) is 0 Å². The minimum atomic E-state index is -0.642. The third-order valence-corrected chi connectivity index (χ3v) is 2.74. The molecule has 1 fully saturated rings. The number of hydrogen-bond donors (Lipinski definition) is 1. The van der Waals surface area contributed by atoms with Crippen LogP contribution in [-0.2, 0) is 4.74 Å². The SMILES string of the molecule is CC(C)(C)C1CCOCC1(C)O. The summed E-state index contributed by atoms with van der Waals surface area (Å²) in [7, 11) is 0. The highest BCUT2D eigenvalue weighted by atomic mass is 16.5. The molecule has 1 saturated heterocycles. The first-order chi connectivity index (χ1) is 5.34. The van der Waals surface area contributed by atoms with Crippen molar-refractivity contribution >= 4 is 0 Å². The van der Waals surface area contributed by atoms with Crippen LogP contribution in [0, 0.1) is 11.3 Å². The Hall–Kier alpha value is -0.0800. The Bertz CT molecular complexity index is 156. The van der Waals surface area contributed by atoms with E-state index in [2.05, 4.69) is 20.8 Å². The lowest BCUT2D eigenvalue weighted by molar-refractivity contribution is -0.142. The van der Waals surface area contributed by atoms with Crippen molar-refractivity contribution in [1.29, 1.82) is 0 Å². The molecule has 0 spiro atoms. The van der Waals surface area contributed by atoms with Crippen molar-refractivity contribution < 1.29 is 9.84 Å². The van der Waals surface area contributed by atoms with Crippen LogP contribution in [0.25, 0.3) is 0 Å². The number of hydrogen-bond acceptors (Lipinski definition) is 2. The van der Waals surface area contributed by atoms with E-state index in [1.165, 1.54) is 0 Å². The monoisotopic (exact) mass is 172 g/mol. The van der Waals surface area contributed by atoms with E-state index >= 15 is 0 Å². The van der Waals surface area contributed by atoms with Crippen LogP contribution < -0.4 is 0 Å². The molecule has 2 nitrogen and oxygen atoms in total. The van der Waals surface area contributed by atoms with Gasteiger partial charge >= 0.3 is 0 Å². The molecule has 0 aromatic carbocycles. The van der Waals surface area contributed by atoms with Gasteiger partial charge in [-0.15, -0.1) is 0 Å². The van der Waals surface area contributed by atoms with E-state index in [9.17, 15) is 5.11 Å². The Morgan fingerprint density at radius 2 is 2.00 bits per heavy atom. The summed E-state index contributed by atoms with van der Waals surface area (Å²) in [6.45, 7) is 9.68. The number of aliphatic hydroxyl groups is 1. The Morgan fingerprint density at radius 1 is 1.42 bits per heavy atom. The normalized spacial score (nSPS) is 38.2. The van der Waals surface area contributed by atoms with E-state index < -0.39 is 5.60 Å². The van der Waals surface area contributed by atoms with Crippen LogP contribution in [0.3, 0.4) is 0 Å². The maximum Gasteiger partial charge on any atom is 0.0885 e. The molecule has 0 aromatic rings. The zero-order valence-electron chi connectivity index (χ0n) is 8.55. The summed E-state index contributed by atoms with van der Waals surface area (Å²) >= 11 is 0. The molecule has 72 valence electrons. The van der Waals surface area contributed by atoms with Crippen LogP contribution in [0.15, 0.2) is 0 Å². The molecule has 0 bridgehead atoms. The summed E-state index contributed by atoms with van der Waals surface area (Å²) < 4.78 is 5.26. The number of ether oxygens (including phenoxy) is 1. The first kappa shape index (κ1) is 10.0. The average molecular weight is 172 g/mol. The van der Waals surface area contributed by atoms with Crippen LogP contribution in [-0.4, -0.2) is 23.9 Å². The first-order valence-corrected chi connectivity index (χ1v) is 4.64. The summed E-state index contributed by atoms with van der Waals surface area (Å²) in [5.74, 6) is 0.346. The van der Waals surface area contributed by atoms with Crippen molar-refractivity contribution in [2.24, 2.45) is 11.3 Å². The maximum absolute atomic E-state index is 10.0. The molecule has 0 aromatic heterocycles. The van der Waals surface area contributed by atoms with Gasteiger partial charge in [0.25, 0.3) is 0 Å². The van der Waals surface area contributed by atoms with Gasteiger partial charge in [-0.2, -0.15) is 0 Å². The van der Waals surface area contributed by atoms with Gasteiger partial charge in [-0.25, -0.2) is 0 Å². The van der Waals surface area contributed by atoms with Crippen molar-refractivity contribution in [3.63, 3.8) is 0 Å². The second kappa shape index (κ2) is 3.00. The Labute approximate surface area is 74.9 Å². The van der Waals surface area contributed by atoms with Crippen molar-refractivity contribution in [1.82, 2.24) is 0 Å². The van der Waals surface area contributed by atoms with Gasteiger partial charge < -0.3 is 9.84 Å². The standard InChI is InChI=1S/C10H20O2/c1-9(2,3)8-5-6-12-7-10(8,4)11/h8,11H,5-7H2,1-4H3. The van der Waals surface area contributed by atoms with E-state index in [1.54, 1.807) is 0 Å². The first-order valence-electron chi connectivity index (χ1n) is 4.64. The van der Waals surface area contributed by atoms with Gasteiger partial charge in [0.2, 0.25) is 0 Å². The van der Waals surface area contributed by atoms with Crippen LogP contribution in [0.2, 0.25) is 0 Å². The van der Waals surface area contributed by atoms with E-state index in [4.69, 9.17) is 4.74 Å². The summed E-state index contributed by atoms with van der Waals surface area (Å²) in [4.78, 5) is 0. The van der Waals surface area contributed by atoms with Crippen LogP contribution in [0.1, 0.15) is 34.1 Å². The molecule has 0 amide bonds. The average Bonchev–Trinajstić information content (AvgIpc) is 1.83. The van der Waals surface area contributed by atoms with E-state index in [-0.39, 0.29) is 5.41 Å². The highest BCUT2D eigenvalue weighted by Gasteiger charge is 2.41. The molecule has 2 atom stereocenters. The minimum Gasteiger partial charge on any atom is -0.387 e. The lowest BCUT2D eigenvalue weighted by Crippen LogP contribution is -2.49. The zero-order chi connectivity index (χ0) is 9.41. The molecule has 1 aliphatic heterocycles. The number of rotatable bonds is 0. The van der Waals surface area contributed by atoms with E-state index in [0.29, 0.717) is 12.5 Å². The summed E-state index contributed by atoms with van der Waals surface area (Å²) in [5.41, 5.74) is -0.468. The molecule has 0 aliphatic carbocycles. The molecule has 2 unspecified atom stereocenters. The predicted octanol–water partition coefficient (Wildman–Crippen LogP) is 1.82. The largest absolute Gasteiger partial charge is 0.387 e. The molecular weight excluding hydrogens is 152 g/mol. The molecule has 0 radical (unpaired) electrons. The topological polar surface area (TPSA) is 29.5 Å². The third-order valence-electron chi connectivity index (χ3n) is 2.74. The molecule has 0 saturated carbocycles. The summed E-state index contributed by atoms with van der Waals surface area (Å²) in [5, 5.41) is 10.0. The molecule has 12 heavy (non-hydrogen) atoms. The highest BCUT2D eigenvalue weighted by Crippen LogP contribution is 2.39. The van der Waals surface area contributed by atoms with Gasteiger partial charge in [-0.05, 0) is 24.7 Å². The van der Waals surface area contributed by atoms with E-state index in [1.807, 2.05) is 6.92 Å². The fraction of sp³-hybridized carbons (Fsp3) is 1.00. The highest BCUT2D eigenvalue weighted by molar-refractivity contribution is 4.91. The van der Waals surface area contributed by atoms with Gasteiger partial charge in [0.1, 0.15) is 0 Å². The second-order valence-corrected chi connectivity index (χ2v) is 5.12. The molecule has 1 heterocycles. The lowest BCUT2D eigenvalue weighted by atomic mass is 9.69. The lowest BCUT2D eigenvalue weighted by Gasteiger charge is -2.44. The third kappa shape index (κ3) is 1.99. The summed E-state index contributed by atoms with van der Waals surface area (Å²) in [6.07, 6.45) is 0.969. The van der Waals surface area contributed by atoms with Gasteiger partial charge in [0.15, 0.2) is 0 Å². The van der Waals surface area contributed by atoms with E-state index in [0.717, 1.165) is 13.0 Å². The fourth-order valence-electron chi connectivity index (χ4n) is 2.26. The summed E-state index contributed by atoms with van der Waals surface area (Å²) in [6, 6.07) is 0. The van der Waals surface area contributed by atoms with Crippen LogP contribution in [0.5, 0.6) is 0 Å². The molecule has 2 heteroatoms. The van der Waals surface area contributed by atoms with Gasteiger partial charge in [0, 0.05) is 6.61 Å². The van der Waals surface area contributed by atoms with Crippen LogP contribution >= 0.6 is 0 Å². The Morgan fingerprint density at radius 3 is 2.33 bits per heavy atom. The Kier molecular flexibility index (Phi) is 2.50. The molecule has 1 aliphatic rings. The Balaban J connectivity index is 2.73. The maximum atomic E-state index is 10.0. The van der Waals surface area contributed by atoms with Crippen LogP contribution in [0.4, 0.5) is 0 Å². The quantitative estimate of drug-likeness (QED) is 0.604. The van der Waals surface area contributed by atoms with Gasteiger partial charge in [-0.1, -0.05) is 20.8 Å². The second-order valence-electron chi connectivity index (χ2n) is 5.12. The van der Waals surface area contributed by atoms with Gasteiger partial charge in [0.05, 0.1) is 12.2 Å². The molecule has 1 N–H and O–H groups in total. The van der Waals surface area contributed by atoms with Crippen molar-refractivity contribution in [2.45, 2.75) is 39.7 Å². The fourth-order valence-corrected chi connectivity index (χ4v) is 2.26. The van der Waals surface area contributed by atoms with Crippen molar-refractivity contribution in [3.8, 4) is 0 Å². The molecular formula is C10H20O2. The predicted molar refractivity (Wildman–Crippen MR) is 49.0 cm³/mol. The smallest absolute Gasteiger partial charge is 0.0885 e. The van der Waals surface area contributed by atoms with Crippen molar-refractivity contribution in [2.75, 3.05) is 13.2 Å². The molecule has 1 rings (SSSR count). The minimum absolute atomic E-state index is 0.174. The zero-order valence-corrected chi connectivity index (χ0v) is 8.55.